The molecule has 0 radical (unpaired) electrons. The fourth-order valence-electron chi connectivity index (χ4n) is 2.72. The fourth-order valence-corrected chi connectivity index (χ4v) is 5.39. The van der Waals surface area contributed by atoms with Crippen LogP contribution in [-0.2, 0) is 9.84 Å². The van der Waals surface area contributed by atoms with Crippen molar-refractivity contribution < 1.29 is 18.3 Å². The highest BCUT2D eigenvalue weighted by Gasteiger charge is 2.28. The van der Waals surface area contributed by atoms with Gasteiger partial charge in [0.05, 0.1) is 26.3 Å². The maximum Gasteiger partial charge on any atom is 0.338 e. The van der Waals surface area contributed by atoms with E-state index >= 15 is 0 Å². The predicted octanol–water partition coefficient (Wildman–Crippen LogP) is 4.05. The van der Waals surface area contributed by atoms with E-state index in [0.29, 0.717) is 0 Å². The Bertz CT molecular complexity index is 649. The Morgan fingerprint density at radius 2 is 1.81 bits per heavy atom. The van der Waals surface area contributed by atoms with Crippen LogP contribution in [0.5, 0.6) is 0 Å². The zero-order chi connectivity index (χ0) is 15.6. The molecule has 1 aromatic carbocycles. The van der Waals surface area contributed by atoms with Gasteiger partial charge in [-0.25, -0.2) is 13.2 Å². The van der Waals surface area contributed by atoms with Gasteiger partial charge in [-0.15, -0.1) is 0 Å². The molecule has 0 aliphatic heterocycles. The molecule has 0 aromatic heterocycles. The van der Waals surface area contributed by atoms with E-state index in [9.17, 15) is 13.2 Å². The van der Waals surface area contributed by atoms with Gasteiger partial charge in [0.1, 0.15) is 0 Å². The van der Waals surface area contributed by atoms with Crippen molar-refractivity contribution in [3.05, 3.63) is 27.7 Å². The molecule has 1 saturated carbocycles. The maximum absolute atomic E-state index is 12.5. The van der Waals surface area contributed by atoms with Crippen LogP contribution in [0.2, 0.25) is 10.0 Å². The molecule has 7 heteroatoms. The van der Waals surface area contributed by atoms with Crippen molar-refractivity contribution in [2.24, 2.45) is 5.92 Å². The molecule has 2 rings (SSSR count). The summed E-state index contributed by atoms with van der Waals surface area (Å²) in [4.78, 5) is 11.0. The SMILES string of the molecule is O=C(O)c1c(Cl)ccc(S(=O)(=O)CC2CCCCC2)c1Cl. The molecular formula is C14H16Cl2O4S. The third-order valence-corrected chi connectivity index (χ3v) is 6.52. The molecule has 4 nitrogen and oxygen atoms in total. The van der Waals surface area contributed by atoms with Crippen molar-refractivity contribution in [3.63, 3.8) is 0 Å². The second kappa shape index (κ2) is 6.55. The van der Waals surface area contributed by atoms with E-state index in [0.717, 1.165) is 32.1 Å². The first-order chi connectivity index (χ1) is 9.83. The van der Waals surface area contributed by atoms with Crippen LogP contribution in [0.15, 0.2) is 17.0 Å². The molecule has 0 saturated heterocycles. The molecule has 1 N–H and O–H groups in total. The standard InChI is InChI=1S/C14H16Cl2O4S/c15-10-6-7-11(13(16)12(10)14(17)18)21(19,20)8-9-4-2-1-3-5-9/h6-7,9H,1-5,8H2,(H,17,18). The van der Waals surface area contributed by atoms with Crippen LogP contribution < -0.4 is 0 Å². The molecule has 0 heterocycles. The highest BCUT2D eigenvalue weighted by atomic mass is 35.5. The van der Waals surface area contributed by atoms with E-state index < -0.39 is 15.8 Å². The van der Waals surface area contributed by atoms with Crippen LogP contribution in [0.3, 0.4) is 0 Å². The minimum atomic E-state index is -3.62. The Labute approximate surface area is 134 Å². The number of rotatable bonds is 4. The zero-order valence-electron chi connectivity index (χ0n) is 11.3. The average Bonchev–Trinajstić information content (AvgIpc) is 2.38. The number of carboxylic acid groups (broad SMARTS) is 1. The van der Waals surface area contributed by atoms with E-state index in [1.165, 1.54) is 12.1 Å². The van der Waals surface area contributed by atoms with Crippen molar-refractivity contribution in [2.45, 2.75) is 37.0 Å². The Morgan fingerprint density at radius 3 is 2.38 bits per heavy atom. The lowest BCUT2D eigenvalue weighted by molar-refractivity contribution is 0.0697. The second-order valence-corrected chi connectivity index (χ2v) is 8.11. The van der Waals surface area contributed by atoms with E-state index in [1.54, 1.807) is 0 Å². The number of carboxylic acids is 1. The number of carbonyl (C=O) groups is 1. The average molecular weight is 351 g/mol. The topological polar surface area (TPSA) is 71.4 Å². The van der Waals surface area contributed by atoms with Crippen molar-refractivity contribution in [2.75, 3.05) is 5.75 Å². The first-order valence-corrected chi connectivity index (χ1v) is 9.18. The van der Waals surface area contributed by atoms with Crippen molar-refractivity contribution >= 4 is 39.0 Å². The van der Waals surface area contributed by atoms with Crippen molar-refractivity contribution in [1.29, 1.82) is 0 Å². The Morgan fingerprint density at radius 1 is 1.19 bits per heavy atom. The summed E-state index contributed by atoms with van der Waals surface area (Å²) in [5.41, 5.74) is -0.358. The van der Waals surface area contributed by atoms with Gasteiger partial charge >= 0.3 is 5.97 Å². The van der Waals surface area contributed by atoms with Gasteiger partial charge in [0, 0.05) is 0 Å². The molecule has 21 heavy (non-hydrogen) atoms. The minimum Gasteiger partial charge on any atom is -0.478 e. The molecule has 0 atom stereocenters. The summed E-state index contributed by atoms with van der Waals surface area (Å²) in [6.45, 7) is 0. The monoisotopic (exact) mass is 350 g/mol. The normalized spacial score (nSPS) is 16.9. The molecule has 1 aromatic rings. The van der Waals surface area contributed by atoms with Crippen LogP contribution >= 0.6 is 23.2 Å². The first-order valence-electron chi connectivity index (χ1n) is 6.77. The van der Waals surface area contributed by atoms with Crippen molar-refractivity contribution in [3.8, 4) is 0 Å². The molecular weight excluding hydrogens is 335 g/mol. The summed E-state index contributed by atoms with van der Waals surface area (Å²) in [6, 6.07) is 2.56. The zero-order valence-corrected chi connectivity index (χ0v) is 13.6. The second-order valence-electron chi connectivity index (χ2n) is 5.33. The van der Waals surface area contributed by atoms with Gasteiger partial charge in [0.15, 0.2) is 9.84 Å². The molecule has 1 fully saturated rings. The largest absolute Gasteiger partial charge is 0.478 e. The molecule has 0 spiro atoms. The van der Waals surface area contributed by atoms with Crippen LogP contribution in [0, 0.1) is 5.92 Å². The van der Waals surface area contributed by atoms with E-state index in [-0.39, 0.29) is 32.2 Å². The van der Waals surface area contributed by atoms with Crippen LogP contribution in [-0.4, -0.2) is 25.2 Å². The Balaban J connectivity index is 2.36. The summed E-state index contributed by atoms with van der Waals surface area (Å²) in [7, 11) is -3.62. The number of aromatic carboxylic acids is 1. The van der Waals surface area contributed by atoms with E-state index in [2.05, 4.69) is 0 Å². The lowest BCUT2D eigenvalue weighted by atomic mass is 9.91. The molecule has 0 unspecified atom stereocenters. The van der Waals surface area contributed by atoms with Gasteiger partial charge in [-0.2, -0.15) is 0 Å². The number of halogens is 2. The molecule has 116 valence electrons. The van der Waals surface area contributed by atoms with Gasteiger partial charge < -0.3 is 5.11 Å². The summed E-state index contributed by atoms with van der Waals surface area (Å²) in [5, 5.41) is 8.73. The lowest BCUT2D eigenvalue weighted by Crippen LogP contribution is -2.19. The summed E-state index contributed by atoms with van der Waals surface area (Å²) < 4.78 is 25.0. The highest BCUT2D eigenvalue weighted by molar-refractivity contribution is 7.91. The van der Waals surface area contributed by atoms with Crippen LogP contribution in [0.1, 0.15) is 42.5 Å². The molecule has 1 aliphatic rings. The Kier molecular flexibility index (Phi) is 5.17. The number of benzene rings is 1. The Hall–Kier alpha value is -0.780. The highest BCUT2D eigenvalue weighted by Crippen LogP contribution is 2.34. The molecule has 0 bridgehead atoms. The maximum atomic E-state index is 12.5. The predicted molar refractivity (Wildman–Crippen MR) is 82.0 cm³/mol. The van der Waals surface area contributed by atoms with Crippen LogP contribution in [0.4, 0.5) is 0 Å². The first kappa shape index (κ1) is 16.6. The summed E-state index contributed by atoms with van der Waals surface area (Å²) in [5.74, 6) is -1.21. The number of hydrogen-bond donors (Lipinski definition) is 1. The minimum absolute atomic E-state index is 0.00735. The van der Waals surface area contributed by atoms with Gasteiger partial charge in [0.25, 0.3) is 0 Å². The third-order valence-electron chi connectivity index (χ3n) is 3.78. The summed E-state index contributed by atoms with van der Waals surface area (Å²) >= 11 is 11.7. The summed E-state index contributed by atoms with van der Waals surface area (Å²) in [6.07, 6.45) is 4.98. The van der Waals surface area contributed by atoms with Crippen LogP contribution in [0.25, 0.3) is 0 Å². The smallest absolute Gasteiger partial charge is 0.338 e. The molecule has 1 aliphatic carbocycles. The molecule has 0 amide bonds. The van der Waals surface area contributed by atoms with Gasteiger partial charge in [-0.05, 0) is 30.9 Å². The van der Waals surface area contributed by atoms with Gasteiger partial charge in [0.2, 0.25) is 0 Å². The fraction of sp³-hybridized carbons (Fsp3) is 0.500. The lowest BCUT2D eigenvalue weighted by Gasteiger charge is -2.21. The van der Waals surface area contributed by atoms with E-state index in [1.807, 2.05) is 0 Å². The van der Waals surface area contributed by atoms with Gasteiger partial charge in [-0.1, -0.05) is 42.5 Å². The van der Waals surface area contributed by atoms with Crippen molar-refractivity contribution in [1.82, 2.24) is 0 Å². The quantitative estimate of drug-likeness (QED) is 0.888. The number of sulfone groups is 1. The third kappa shape index (κ3) is 3.71. The number of hydrogen-bond acceptors (Lipinski definition) is 3. The van der Waals surface area contributed by atoms with Gasteiger partial charge in [-0.3, -0.25) is 0 Å². The van der Waals surface area contributed by atoms with E-state index in [4.69, 9.17) is 28.3 Å².